The minimum Gasteiger partial charge on any atom is -0.491 e. The molecule has 0 fully saturated rings. The molecule has 0 spiro atoms. The zero-order chi connectivity index (χ0) is 14.5. The molecule has 0 bridgehead atoms. The lowest BCUT2D eigenvalue weighted by Crippen LogP contribution is -2.27. The first-order chi connectivity index (χ1) is 9.58. The Labute approximate surface area is 117 Å². The molecule has 0 aliphatic rings. The summed E-state index contributed by atoms with van der Waals surface area (Å²) < 4.78 is 5.75. The number of amides is 1. The number of aromatic nitrogens is 3. The number of nitrogens with one attached hydrogen (secondary N) is 2. The van der Waals surface area contributed by atoms with E-state index in [1.807, 2.05) is 45.0 Å². The van der Waals surface area contributed by atoms with Crippen molar-refractivity contribution in [2.75, 3.05) is 0 Å². The van der Waals surface area contributed by atoms with Crippen LogP contribution in [0.2, 0.25) is 0 Å². The van der Waals surface area contributed by atoms with Gasteiger partial charge >= 0.3 is 0 Å². The number of ether oxygens (including phenoxy) is 1. The van der Waals surface area contributed by atoms with E-state index in [9.17, 15) is 4.79 Å². The van der Waals surface area contributed by atoms with E-state index in [4.69, 9.17) is 4.74 Å². The van der Waals surface area contributed by atoms with Crippen molar-refractivity contribution in [3.05, 3.63) is 41.7 Å². The minimum absolute atomic E-state index is 0.0783. The smallest absolute Gasteiger partial charge is 0.273 e. The van der Waals surface area contributed by atoms with Gasteiger partial charge in [-0.1, -0.05) is 18.2 Å². The molecule has 1 unspecified atom stereocenters. The predicted molar refractivity (Wildman–Crippen MR) is 74.5 cm³/mol. The van der Waals surface area contributed by atoms with Gasteiger partial charge in [-0.2, -0.15) is 15.4 Å². The van der Waals surface area contributed by atoms with Gasteiger partial charge in [0.25, 0.3) is 5.91 Å². The standard InChI is InChI=1S/C14H18N4O2/c1-9(2)20-13-7-5-4-6-11(13)10(3)16-14(19)12-8-15-18-17-12/h4-10H,1-3H3,(H,16,19)(H,15,17,18). The summed E-state index contributed by atoms with van der Waals surface area (Å²) in [6.45, 7) is 5.84. The highest BCUT2D eigenvalue weighted by Crippen LogP contribution is 2.25. The topological polar surface area (TPSA) is 79.9 Å². The van der Waals surface area contributed by atoms with Gasteiger partial charge in [0, 0.05) is 5.56 Å². The number of aromatic amines is 1. The van der Waals surface area contributed by atoms with Crippen LogP contribution in [-0.2, 0) is 0 Å². The zero-order valence-electron chi connectivity index (χ0n) is 11.8. The van der Waals surface area contributed by atoms with Crippen LogP contribution >= 0.6 is 0 Å². The molecule has 6 heteroatoms. The molecule has 0 saturated carbocycles. The molecular formula is C14H18N4O2. The first-order valence-corrected chi connectivity index (χ1v) is 6.50. The van der Waals surface area contributed by atoms with Gasteiger partial charge < -0.3 is 10.1 Å². The van der Waals surface area contributed by atoms with Gasteiger partial charge in [-0.3, -0.25) is 4.79 Å². The largest absolute Gasteiger partial charge is 0.491 e. The Morgan fingerprint density at radius 3 is 2.70 bits per heavy atom. The third-order valence-corrected chi connectivity index (χ3v) is 2.74. The van der Waals surface area contributed by atoms with E-state index < -0.39 is 0 Å². The summed E-state index contributed by atoms with van der Waals surface area (Å²) in [6.07, 6.45) is 1.47. The predicted octanol–water partition coefficient (Wildman–Crippen LogP) is 2.08. The van der Waals surface area contributed by atoms with E-state index in [1.165, 1.54) is 6.20 Å². The maximum Gasteiger partial charge on any atom is 0.273 e. The van der Waals surface area contributed by atoms with Crippen molar-refractivity contribution in [1.82, 2.24) is 20.7 Å². The van der Waals surface area contributed by atoms with E-state index in [2.05, 4.69) is 20.7 Å². The van der Waals surface area contributed by atoms with Crippen LogP contribution in [-0.4, -0.2) is 27.4 Å². The quantitative estimate of drug-likeness (QED) is 0.874. The van der Waals surface area contributed by atoms with Crippen LogP contribution in [0.25, 0.3) is 0 Å². The van der Waals surface area contributed by atoms with E-state index in [-0.39, 0.29) is 23.7 Å². The second kappa shape index (κ2) is 6.18. The Hall–Kier alpha value is -2.37. The van der Waals surface area contributed by atoms with E-state index in [0.29, 0.717) is 0 Å². The van der Waals surface area contributed by atoms with Crippen LogP contribution in [0.4, 0.5) is 0 Å². The SMILES string of the molecule is CC(C)Oc1ccccc1C(C)NC(=O)c1cn[nH]n1. The Balaban J connectivity index is 2.13. The first-order valence-electron chi connectivity index (χ1n) is 6.50. The molecule has 2 N–H and O–H groups in total. The van der Waals surface area contributed by atoms with Crippen molar-refractivity contribution >= 4 is 5.91 Å². The van der Waals surface area contributed by atoms with Crippen LogP contribution in [0.3, 0.4) is 0 Å². The second-order valence-corrected chi connectivity index (χ2v) is 4.75. The Bertz CT molecular complexity index is 566. The summed E-state index contributed by atoms with van der Waals surface area (Å²) in [6, 6.07) is 7.47. The van der Waals surface area contributed by atoms with Crippen molar-refractivity contribution in [3.8, 4) is 5.75 Å². The van der Waals surface area contributed by atoms with E-state index >= 15 is 0 Å². The molecule has 0 aliphatic heterocycles. The highest BCUT2D eigenvalue weighted by molar-refractivity contribution is 5.92. The third-order valence-electron chi connectivity index (χ3n) is 2.74. The summed E-state index contributed by atoms with van der Waals surface area (Å²) in [4.78, 5) is 11.9. The molecule has 1 aromatic carbocycles. The fourth-order valence-corrected chi connectivity index (χ4v) is 1.86. The number of carbonyl (C=O) groups excluding carboxylic acids is 1. The Morgan fingerprint density at radius 1 is 1.30 bits per heavy atom. The summed E-state index contributed by atoms with van der Waals surface area (Å²) in [5.74, 6) is 0.501. The van der Waals surface area contributed by atoms with Crippen LogP contribution < -0.4 is 10.1 Å². The number of hydrogen-bond acceptors (Lipinski definition) is 4. The van der Waals surface area contributed by atoms with Gasteiger partial charge in [0.15, 0.2) is 5.69 Å². The summed E-state index contributed by atoms with van der Waals surface area (Å²) in [5, 5.41) is 12.7. The third kappa shape index (κ3) is 3.34. The van der Waals surface area contributed by atoms with Gasteiger partial charge in [-0.15, -0.1) is 0 Å². The molecule has 20 heavy (non-hydrogen) atoms. The van der Waals surface area contributed by atoms with Crippen LogP contribution in [0, 0.1) is 0 Å². The molecule has 0 aliphatic carbocycles. The Kier molecular flexibility index (Phi) is 4.34. The number of carbonyl (C=O) groups is 1. The van der Waals surface area contributed by atoms with Crippen LogP contribution in [0.15, 0.2) is 30.5 Å². The van der Waals surface area contributed by atoms with Crippen molar-refractivity contribution in [2.24, 2.45) is 0 Å². The number of rotatable bonds is 5. The maximum absolute atomic E-state index is 11.9. The number of para-hydroxylation sites is 1. The molecule has 1 atom stereocenters. The van der Waals surface area contributed by atoms with Crippen molar-refractivity contribution in [2.45, 2.75) is 32.9 Å². The molecule has 6 nitrogen and oxygen atoms in total. The lowest BCUT2D eigenvalue weighted by Gasteiger charge is -2.19. The average molecular weight is 274 g/mol. The minimum atomic E-state index is -0.273. The molecule has 0 saturated heterocycles. The van der Waals surface area contributed by atoms with E-state index in [0.717, 1.165) is 11.3 Å². The lowest BCUT2D eigenvalue weighted by atomic mass is 10.1. The molecule has 106 valence electrons. The van der Waals surface area contributed by atoms with Crippen LogP contribution in [0.1, 0.15) is 42.9 Å². The highest BCUT2D eigenvalue weighted by atomic mass is 16.5. The van der Waals surface area contributed by atoms with E-state index in [1.54, 1.807) is 0 Å². The lowest BCUT2D eigenvalue weighted by molar-refractivity contribution is 0.0934. The van der Waals surface area contributed by atoms with Gasteiger partial charge in [0.05, 0.1) is 18.3 Å². The number of H-pyrrole nitrogens is 1. The molecular weight excluding hydrogens is 256 g/mol. The molecule has 1 heterocycles. The zero-order valence-corrected chi connectivity index (χ0v) is 11.8. The summed E-state index contributed by atoms with van der Waals surface area (Å²) >= 11 is 0. The number of hydrogen-bond donors (Lipinski definition) is 2. The van der Waals surface area contributed by atoms with Gasteiger partial charge in [0.1, 0.15) is 5.75 Å². The Morgan fingerprint density at radius 2 is 2.05 bits per heavy atom. The highest BCUT2D eigenvalue weighted by Gasteiger charge is 2.16. The van der Waals surface area contributed by atoms with Crippen LogP contribution in [0.5, 0.6) is 5.75 Å². The fourth-order valence-electron chi connectivity index (χ4n) is 1.86. The molecule has 2 rings (SSSR count). The van der Waals surface area contributed by atoms with Gasteiger partial charge in [-0.05, 0) is 26.8 Å². The monoisotopic (exact) mass is 274 g/mol. The normalized spacial score (nSPS) is 12.2. The van der Waals surface area contributed by atoms with Crippen molar-refractivity contribution in [3.63, 3.8) is 0 Å². The van der Waals surface area contributed by atoms with Crippen molar-refractivity contribution < 1.29 is 9.53 Å². The fraction of sp³-hybridized carbons (Fsp3) is 0.357. The number of nitrogens with zero attached hydrogens (tertiary/aromatic N) is 2. The van der Waals surface area contributed by atoms with Crippen molar-refractivity contribution in [1.29, 1.82) is 0 Å². The number of benzene rings is 1. The van der Waals surface area contributed by atoms with Gasteiger partial charge in [0.2, 0.25) is 0 Å². The second-order valence-electron chi connectivity index (χ2n) is 4.75. The first kappa shape index (κ1) is 14.0. The average Bonchev–Trinajstić information content (AvgIpc) is 2.92. The van der Waals surface area contributed by atoms with Gasteiger partial charge in [-0.25, -0.2) is 0 Å². The molecule has 2 aromatic rings. The molecule has 1 aromatic heterocycles. The molecule has 1 amide bonds. The maximum atomic E-state index is 11.9. The summed E-state index contributed by atoms with van der Waals surface area (Å²) in [5.41, 5.74) is 1.19. The summed E-state index contributed by atoms with van der Waals surface area (Å²) in [7, 11) is 0. The molecule has 0 radical (unpaired) electrons.